The minimum Gasteiger partial charge on any atom is -0.385 e. The first-order valence-electron chi connectivity index (χ1n) is 12.9. The number of nitrogens with one attached hydrogen (secondary N) is 1. The van der Waals surface area contributed by atoms with Crippen LogP contribution in [0.2, 0.25) is 0 Å². The number of rotatable bonds is 9. The van der Waals surface area contributed by atoms with Gasteiger partial charge in [-0.3, -0.25) is 9.59 Å². The van der Waals surface area contributed by atoms with Crippen LogP contribution in [0.25, 0.3) is 16.5 Å². The first-order chi connectivity index (χ1) is 18.2. The van der Waals surface area contributed by atoms with Crippen molar-refractivity contribution in [2.75, 3.05) is 32.1 Å². The normalized spacial score (nSPS) is 11.5. The van der Waals surface area contributed by atoms with Crippen LogP contribution in [-0.4, -0.2) is 53.3 Å². The molecule has 4 aromatic rings. The van der Waals surface area contributed by atoms with Gasteiger partial charge in [0.1, 0.15) is 12.4 Å². The van der Waals surface area contributed by atoms with E-state index in [1.54, 1.807) is 16.7 Å². The first-order valence-corrected chi connectivity index (χ1v) is 12.9. The van der Waals surface area contributed by atoms with Crippen molar-refractivity contribution >= 4 is 28.4 Å². The van der Waals surface area contributed by atoms with Crippen LogP contribution in [0.5, 0.6) is 0 Å². The van der Waals surface area contributed by atoms with Crippen molar-refractivity contribution in [3.05, 3.63) is 89.6 Å². The summed E-state index contributed by atoms with van der Waals surface area (Å²) in [6.45, 7) is 9.09. The molecule has 1 N–H and O–H groups in total. The van der Waals surface area contributed by atoms with E-state index in [0.29, 0.717) is 31.0 Å². The lowest BCUT2D eigenvalue weighted by Crippen LogP contribution is -2.39. The van der Waals surface area contributed by atoms with Gasteiger partial charge in [-0.25, -0.2) is 4.68 Å². The fourth-order valence-corrected chi connectivity index (χ4v) is 4.31. The summed E-state index contributed by atoms with van der Waals surface area (Å²) in [5.41, 5.74) is 3.22. The standard InChI is InChI=1S/C31H36N4O3/c1-22-14-16-24(17-15-22)35-28(20-27(33-35)31(2,3)4)32-29(36)21-34(18-9-19-38-5)30(37)26-13-8-11-23-10-6-7-12-25(23)26/h6-8,10-17,20H,9,18-19,21H2,1-5H3,(H,32,36). The third-order valence-corrected chi connectivity index (χ3v) is 6.44. The molecule has 0 fully saturated rings. The van der Waals surface area contributed by atoms with Crippen molar-refractivity contribution in [2.45, 2.75) is 39.5 Å². The molecule has 1 heterocycles. The lowest BCUT2D eigenvalue weighted by molar-refractivity contribution is -0.117. The third-order valence-electron chi connectivity index (χ3n) is 6.44. The van der Waals surface area contributed by atoms with Crippen molar-refractivity contribution in [3.63, 3.8) is 0 Å². The van der Waals surface area contributed by atoms with Crippen LogP contribution in [0.3, 0.4) is 0 Å². The summed E-state index contributed by atoms with van der Waals surface area (Å²) in [6, 6.07) is 23.3. The fraction of sp³-hybridized carbons (Fsp3) is 0.323. The quantitative estimate of drug-likeness (QED) is 0.290. The van der Waals surface area contributed by atoms with Crippen molar-refractivity contribution in [2.24, 2.45) is 0 Å². The number of benzene rings is 3. The summed E-state index contributed by atoms with van der Waals surface area (Å²) in [5.74, 6) is 0.0958. The fourth-order valence-electron chi connectivity index (χ4n) is 4.31. The lowest BCUT2D eigenvalue weighted by Gasteiger charge is -2.23. The molecule has 0 atom stereocenters. The van der Waals surface area contributed by atoms with Gasteiger partial charge in [0.15, 0.2) is 0 Å². The molecule has 7 heteroatoms. The number of methoxy groups -OCH3 is 1. The number of carbonyl (C=O) groups is 2. The maximum atomic E-state index is 13.7. The molecule has 7 nitrogen and oxygen atoms in total. The van der Waals surface area contributed by atoms with E-state index in [-0.39, 0.29) is 23.8 Å². The van der Waals surface area contributed by atoms with E-state index in [2.05, 4.69) is 26.1 Å². The van der Waals surface area contributed by atoms with Gasteiger partial charge >= 0.3 is 0 Å². The summed E-state index contributed by atoms with van der Waals surface area (Å²) in [6.07, 6.45) is 0.621. The summed E-state index contributed by atoms with van der Waals surface area (Å²) < 4.78 is 6.96. The monoisotopic (exact) mass is 512 g/mol. The molecule has 0 aliphatic carbocycles. The Hall–Kier alpha value is -3.97. The SMILES string of the molecule is COCCCN(CC(=O)Nc1cc(C(C)(C)C)nn1-c1ccc(C)cc1)C(=O)c1cccc2ccccc12. The minimum absolute atomic E-state index is 0.0876. The van der Waals surface area contributed by atoms with Crippen LogP contribution in [0.4, 0.5) is 5.82 Å². The molecule has 0 unspecified atom stereocenters. The van der Waals surface area contributed by atoms with Crippen LogP contribution in [0, 0.1) is 6.92 Å². The first kappa shape index (κ1) is 27.1. The van der Waals surface area contributed by atoms with Crippen molar-refractivity contribution in [1.29, 1.82) is 0 Å². The van der Waals surface area contributed by atoms with E-state index in [4.69, 9.17) is 9.84 Å². The van der Waals surface area contributed by atoms with Crippen LogP contribution < -0.4 is 5.32 Å². The molecule has 198 valence electrons. The van der Waals surface area contributed by atoms with E-state index >= 15 is 0 Å². The molecule has 3 aromatic carbocycles. The highest BCUT2D eigenvalue weighted by Gasteiger charge is 2.24. The number of hydrogen-bond acceptors (Lipinski definition) is 4. The van der Waals surface area contributed by atoms with Gasteiger partial charge in [0.2, 0.25) is 5.91 Å². The second kappa shape index (κ2) is 11.6. The van der Waals surface area contributed by atoms with Crippen LogP contribution in [0.15, 0.2) is 72.8 Å². The Morgan fingerprint density at radius 2 is 1.71 bits per heavy atom. The number of anilines is 1. The molecule has 2 amide bonds. The zero-order chi connectivity index (χ0) is 27.3. The number of aryl methyl sites for hydroxylation is 1. The van der Waals surface area contributed by atoms with Crippen molar-refractivity contribution < 1.29 is 14.3 Å². The summed E-state index contributed by atoms with van der Waals surface area (Å²) in [7, 11) is 1.63. The number of fused-ring (bicyclic) bond motifs is 1. The van der Waals surface area contributed by atoms with Crippen molar-refractivity contribution in [3.8, 4) is 5.69 Å². The van der Waals surface area contributed by atoms with Crippen molar-refractivity contribution in [1.82, 2.24) is 14.7 Å². The second-order valence-corrected chi connectivity index (χ2v) is 10.6. The Balaban J connectivity index is 1.61. The van der Waals surface area contributed by atoms with Crippen LogP contribution >= 0.6 is 0 Å². The van der Waals surface area contributed by atoms with Gasteiger partial charge in [0.25, 0.3) is 5.91 Å². The van der Waals surface area contributed by atoms with E-state index in [1.165, 1.54) is 0 Å². The van der Waals surface area contributed by atoms with Gasteiger partial charge in [-0.1, -0.05) is 74.9 Å². The molecule has 38 heavy (non-hydrogen) atoms. The Morgan fingerprint density at radius 1 is 1.00 bits per heavy atom. The average Bonchev–Trinajstić information content (AvgIpc) is 3.32. The lowest BCUT2D eigenvalue weighted by atomic mass is 9.92. The number of amides is 2. The number of ether oxygens (including phenoxy) is 1. The maximum Gasteiger partial charge on any atom is 0.254 e. The molecule has 0 bridgehead atoms. The number of aromatic nitrogens is 2. The topological polar surface area (TPSA) is 76.5 Å². The highest BCUT2D eigenvalue weighted by Crippen LogP contribution is 2.27. The van der Waals surface area contributed by atoms with Gasteiger partial charge in [0, 0.05) is 37.3 Å². The van der Waals surface area contributed by atoms with Crippen LogP contribution in [0.1, 0.15) is 48.8 Å². The van der Waals surface area contributed by atoms with Gasteiger partial charge in [-0.2, -0.15) is 5.10 Å². The predicted octanol–water partition coefficient (Wildman–Crippen LogP) is 5.75. The second-order valence-electron chi connectivity index (χ2n) is 10.6. The molecule has 0 aliphatic heterocycles. The highest BCUT2D eigenvalue weighted by molar-refractivity contribution is 6.08. The average molecular weight is 513 g/mol. The minimum atomic E-state index is -0.287. The predicted molar refractivity (Wildman–Crippen MR) is 152 cm³/mol. The van der Waals surface area contributed by atoms with Gasteiger partial charge < -0.3 is 15.0 Å². The van der Waals surface area contributed by atoms with E-state index in [0.717, 1.165) is 27.7 Å². The Morgan fingerprint density at radius 3 is 2.42 bits per heavy atom. The van der Waals surface area contributed by atoms with Gasteiger partial charge in [-0.05, 0) is 42.3 Å². The summed E-state index contributed by atoms with van der Waals surface area (Å²) in [4.78, 5) is 28.6. The Kier molecular flexibility index (Phi) is 8.27. The smallest absolute Gasteiger partial charge is 0.254 e. The van der Waals surface area contributed by atoms with Gasteiger partial charge in [0.05, 0.1) is 11.4 Å². The number of nitrogens with zero attached hydrogens (tertiary/aromatic N) is 3. The number of carbonyl (C=O) groups excluding carboxylic acids is 2. The molecule has 0 saturated carbocycles. The third kappa shape index (κ3) is 6.29. The van der Waals surface area contributed by atoms with Gasteiger partial charge in [-0.15, -0.1) is 0 Å². The van der Waals surface area contributed by atoms with E-state index in [1.807, 2.05) is 79.7 Å². The summed E-state index contributed by atoms with van der Waals surface area (Å²) >= 11 is 0. The molecule has 0 radical (unpaired) electrons. The maximum absolute atomic E-state index is 13.7. The molecule has 0 spiro atoms. The zero-order valence-corrected chi connectivity index (χ0v) is 22.8. The van der Waals surface area contributed by atoms with E-state index in [9.17, 15) is 9.59 Å². The molecule has 0 aliphatic rings. The highest BCUT2D eigenvalue weighted by atomic mass is 16.5. The van der Waals surface area contributed by atoms with Crippen LogP contribution in [-0.2, 0) is 14.9 Å². The number of hydrogen-bond donors (Lipinski definition) is 1. The molecule has 1 aromatic heterocycles. The summed E-state index contributed by atoms with van der Waals surface area (Å²) in [5, 5.41) is 9.66. The Labute approximate surface area is 224 Å². The molecular formula is C31H36N4O3. The molecular weight excluding hydrogens is 476 g/mol. The zero-order valence-electron chi connectivity index (χ0n) is 22.8. The Bertz CT molecular complexity index is 1410. The largest absolute Gasteiger partial charge is 0.385 e. The molecule has 0 saturated heterocycles. The molecule has 4 rings (SSSR count). The van der Waals surface area contributed by atoms with E-state index < -0.39 is 0 Å².